The Bertz CT molecular complexity index is 1530. The lowest BCUT2D eigenvalue weighted by Crippen LogP contribution is -2.51. The van der Waals surface area contributed by atoms with Crippen LogP contribution in [0.3, 0.4) is 0 Å². The van der Waals surface area contributed by atoms with E-state index in [4.69, 9.17) is 9.47 Å². The molecule has 0 radical (unpaired) electrons. The molecular formula is C39H45N3O6. The van der Waals surface area contributed by atoms with Crippen molar-refractivity contribution >= 4 is 18.4 Å². The highest BCUT2D eigenvalue weighted by Gasteiger charge is 2.27. The third kappa shape index (κ3) is 12.6. The Hall–Kier alpha value is -5.15. The maximum atomic E-state index is 13.1. The number of rotatable bonds is 17. The van der Waals surface area contributed by atoms with Crippen LogP contribution in [0.5, 0.6) is 11.5 Å². The van der Waals surface area contributed by atoms with Crippen molar-refractivity contribution in [2.75, 3.05) is 0 Å². The summed E-state index contributed by atoms with van der Waals surface area (Å²) in [6, 6.07) is 33.4. The molecule has 4 rings (SSSR count). The lowest BCUT2D eigenvalue weighted by Gasteiger charge is -2.29. The number of nitrogens with one attached hydrogen (secondary N) is 3. The summed E-state index contributed by atoms with van der Waals surface area (Å²) in [5.74, 6) is 1.59. The molecular weight excluding hydrogens is 606 g/mol. The van der Waals surface area contributed by atoms with Crippen LogP contribution in [0.2, 0.25) is 0 Å². The van der Waals surface area contributed by atoms with E-state index in [1.807, 2.05) is 129 Å². The van der Waals surface area contributed by atoms with Gasteiger partial charge in [0.15, 0.2) is 0 Å². The zero-order chi connectivity index (χ0) is 34.1. The quantitative estimate of drug-likeness (QED) is 0.0955. The van der Waals surface area contributed by atoms with Crippen molar-refractivity contribution in [1.29, 1.82) is 0 Å². The summed E-state index contributed by atoms with van der Waals surface area (Å²) in [7, 11) is 0. The van der Waals surface area contributed by atoms with Crippen LogP contribution in [0.25, 0.3) is 0 Å². The third-order valence-electron chi connectivity index (χ3n) is 7.73. The van der Waals surface area contributed by atoms with Gasteiger partial charge >= 0.3 is 12.1 Å². The summed E-state index contributed by atoms with van der Waals surface area (Å²) in [6.07, 6.45) is 0.353. The molecule has 48 heavy (non-hydrogen) atoms. The van der Waals surface area contributed by atoms with Gasteiger partial charge in [0.05, 0.1) is 18.2 Å². The third-order valence-corrected chi connectivity index (χ3v) is 7.73. The van der Waals surface area contributed by atoms with Gasteiger partial charge in [-0.2, -0.15) is 0 Å². The van der Waals surface area contributed by atoms with Crippen molar-refractivity contribution in [3.63, 3.8) is 0 Å². The minimum Gasteiger partial charge on any atom is -0.457 e. The van der Waals surface area contributed by atoms with Crippen molar-refractivity contribution in [2.45, 2.75) is 70.4 Å². The van der Waals surface area contributed by atoms with Gasteiger partial charge in [0, 0.05) is 6.04 Å². The molecule has 252 valence electrons. The summed E-state index contributed by atoms with van der Waals surface area (Å²) < 4.78 is 11.4. The molecule has 4 aromatic rings. The minimum absolute atomic E-state index is 0.0867. The Morgan fingerprint density at radius 3 is 1.85 bits per heavy atom. The second kappa shape index (κ2) is 18.9. The molecule has 9 nitrogen and oxygen atoms in total. The van der Waals surface area contributed by atoms with Crippen molar-refractivity contribution in [3.05, 3.63) is 132 Å². The second-order valence-electron chi connectivity index (χ2n) is 12.3. The lowest BCUT2D eigenvalue weighted by molar-refractivity contribution is -0.109. The maximum absolute atomic E-state index is 13.1. The number of carbonyl (C=O) groups excluding carboxylic acids is 3. The molecule has 0 heterocycles. The normalized spacial score (nSPS) is 13.4. The first-order valence-electron chi connectivity index (χ1n) is 16.3. The number of para-hydroxylation sites is 1. The zero-order valence-electron chi connectivity index (χ0n) is 27.5. The summed E-state index contributed by atoms with van der Waals surface area (Å²) in [5.41, 5.74) is 2.66. The molecule has 0 aromatic heterocycles. The Kier molecular flexibility index (Phi) is 14.0. The van der Waals surface area contributed by atoms with E-state index in [0.29, 0.717) is 25.0 Å². The van der Waals surface area contributed by atoms with Crippen molar-refractivity contribution in [3.8, 4) is 11.5 Å². The van der Waals surface area contributed by atoms with Crippen LogP contribution in [0.1, 0.15) is 43.4 Å². The van der Waals surface area contributed by atoms with E-state index in [0.717, 1.165) is 28.7 Å². The van der Waals surface area contributed by atoms with E-state index in [1.54, 1.807) is 0 Å². The van der Waals surface area contributed by atoms with Crippen molar-refractivity contribution < 1.29 is 29.0 Å². The van der Waals surface area contributed by atoms with Crippen LogP contribution >= 0.6 is 0 Å². The van der Waals surface area contributed by atoms with E-state index < -0.39 is 36.4 Å². The molecule has 3 amide bonds. The first-order chi connectivity index (χ1) is 23.3. The first-order valence-corrected chi connectivity index (χ1v) is 16.3. The number of hydrogen-bond acceptors (Lipinski definition) is 6. The number of aliphatic hydroxyl groups is 1. The Labute approximate surface area is 282 Å². The fourth-order valence-electron chi connectivity index (χ4n) is 5.37. The van der Waals surface area contributed by atoms with E-state index in [9.17, 15) is 19.5 Å². The summed E-state index contributed by atoms with van der Waals surface area (Å²) in [4.78, 5) is 37.7. The number of alkyl carbamates (subject to hydrolysis) is 1. The fraction of sp³-hybridized carbons (Fsp3) is 0.308. The first kappa shape index (κ1) is 35.7. The molecule has 3 unspecified atom stereocenters. The average molecular weight is 652 g/mol. The standard InChI is InChI=1S/C39H45N3O6/c1-28(2)22-33(26-43)41-38(45)40-32(23-30-18-20-35(21-19-30)48-34-16-10-5-11-17-34)25-37(44)36(24-29-12-6-3-7-13-29)42-39(46)47-27-31-14-8-4-9-15-31/h3-21,26,28,32-33,36-37,44H,22-25,27H2,1-2H3,(H,42,46)(H2,40,41,45)/t32?,33-,36?,37?/m0/s1. The Morgan fingerprint density at radius 2 is 1.25 bits per heavy atom. The van der Waals surface area contributed by atoms with Crippen LogP contribution < -0.4 is 20.7 Å². The van der Waals surface area contributed by atoms with E-state index in [-0.39, 0.29) is 18.9 Å². The summed E-state index contributed by atoms with van der Waals surface area (Å²) in [6.45, 7) is 4.04. The van der Waals surface area contributed by atoms with E-state index in [1.165, 1.54) is 0 Å². The van der Waals surface area contributed by atoms with Gasteiger partial charge in [0.1, 0.15) is 24.4 Å². The van der Waals surface area contributed by atoms with Gasteiger partial charge in [-0.05, 0) is 72.6 Å². The van der Waals surface area contributed by atoms with Crippen LogP contribution in [-0.2, 0) is 29.0 Å². The van der Waals surface area contributed by atoms with Gasteiger partial charge in [0.2, 0.25) is 0 Å². The lowest BCUT2D eigenvalue weighted by atomic mass is 9.93. The molecule has 0 aliphatic carbocycles. The highest BCUT2D eigenvalue weighted by Crippen LogP contribution is 2.22. The van der Waals surface area contributed by atoms with Crippen molar-refractivity contribution in [1.82, 2.24) is 16.0 Å². The molecule has 9 heteroatoms. The number of urea groups is 1. The van der Waals surface area contributed by atoms with Crippen LogP contribution in [0.15, 0.2) is 115 Å². The number of aliphatic hydroxyl groups excluding tert-OH is 1. The predicted molar refractivity (Wildman–Crippen MR) is 186 cm³/mol. The number of amides is 3. The summed E-state index contributed by atoms with van der Waals surface area (Å²) >= 11 is 0. The number of benzene rings is 4. The van der Waals surface area contributed by atoms with Gasteiger partial charge in [0.25, 0.3) is 0 Å². The predicted octanol–water partition coefficient (Wildman–Crippen LogP) is 6.59. The molecule has 0 aliphatic rings. The highest BCUT2D eigenvalue weighted by atomic mass is 16.5. The fourth-order valence-corrected chi connectivity index (χ4v) is 5.37. The number of aldehydes is 1. The maximum Gasteiger partial charge on any atom is 0.407 e. The minimum atomic E-state index is -1.06. The highest BCUT2D eigenvalue weighted by molar-refractivity contribution is 5.78. The molecule has 0 bridgehead atoms. The van der Waals surface area contributed by atoms with Crippen molar-refractivity contribution in [2.24, 2.45) is 5.92 Å². The van der Waals surface area contributed by atoms with E-state index in [2.05, 4.69) is 16.0 Å². The number of carbonyl (C=O) groups is 3. The topological polar surface area (TPSA) is 126 Å². The average Bonchev–Trinajstić information content (AvgIpc) is 3.08. The number of ether oxygens (including phenoxy) is 2. The molecule has 0 saturated carbocycles. The number of hydrogen-bond donors (Lipinski definition) is 4. The second-order valence-corrected chi connectivity index (χ2v) is 12.3. The Morgan fingerprint density at radius 1 is 0.688 bits per heavy atom. The van der Waals surface area contributed by atoms with Gasteiger partial charge in [-0.1, -0.05) is 105 Å². The molecule has 4 atom stereocenters. The van der Waals surface area contributed by atoms with Crippen LogP contribution in [0, 0.1) is 5.92 Å². The SMILES string of the molecule is CC(C)C[C@@H](C=O)NC(=O)NC(Cc1ccc(Oc2ccccc2)cc1)CC(O)C(Cc1ccccc1)NC(=O)OCc1ccccc1. The monoisotopic (exact) mass is 651 g/mol. The molecule has 4 aromatic carbocycles. The van der Waals surface area contributed by atoms with Gasteiger partial charge in [-0.3, -0.25) is 0 Å². The van der Waals surface area contributed by atoms with E-state index >= 15 is 0 Å². The smallest absolute Gasteiger partial charge is 0.407 e. The van der Waals surface area contributed by atoms with Gasteiger partial charge in [-0.25, -0.2) is 9.59 Å². The van der Waals surface area contributed by atoms with Gasteiger partial charge < -0.3 is 35.3 Å². The Balaban J connectivity index is 1.48. The summed E-state index contributed by atoms with van der Waals surface area (Å²) in [5, 5.41) is 20.2. The largest absolute Gasteiger partial charge is 0.457 e. The molecule has 0 fully saturated rings. The molecule has 0 spiro atoms. The molecule has 0 aliphatic heterocycles. The molecule has 0 saturated heterocycles. The van der Waals surface area contributed by atoms with Crippen LogP contribution in [0.4, 0.5) is 9.59 Å². The molecule has 4 N–H and O–H groups in total. The van der Waals surface area contributed by atoms with Crippen LogP contribution in [-0.4, -0.2) is 47.7 Å². The van der Waals surface area contributed by atoms with Gasteiger partial charge in [-0.15, -0.1) is 0 Å². The zero-order valence-corrected chi connectivity index (χ0v) is 27.5.